The van der Waals surface area contributed by atoms with Crippen molar-refractivity contribution in [3.05, 3.63) is 0 Å². The molecule has 1 rings (SSSR count). The molecule has 0 aliphatic heterocycles. The predicted molar refractivity (Wildman–Crippen MR) is 70.8 cm³/mol. The molecule has 17 heavy (non-hydrogen) atoms. The fourth-order valence-electron chi connectivity index (χ4n) is 2.32. The summed E-state index contributed by atoms with van der Waals surface area (Å²) >= 11 is 0. The summed E-state index contributed by atoms with van der Waals surface area (Å²) in [7, 11) is 0. The van der Waals surface area contributed by atoms with E-state index in [0.29, 0.717) is 12.5 Å². The van der Waals surface area contributed by atoms with Crippen LogP contribution in [-0.4, -0.2) is 24.2 Å². The van der Waals surface area contributed by atoms with Crippen molar-refractivity contribution < 1.29 is 4.79 Å². The number of hydrogen-bond donors (Lipinski definition) is 3. The molecule has 0 bridgehead atoms. The highest BCUT2D eigenvalue weighted by atomic mass is 16.2. The van der Waals surface area contributed by atoms with E-state index in [2.05, 4.69) is 10.6 Å². The Bertz CT molecular complexity index is 242. The second-order valence-corrected chi connectivity index (χ2v) is 6.15. The molecule has 0 aromatic heterocycles. The second-order valence-electron chi connectivity index (χ2n) is 6.15. The van der Waals surface area contributed by atoms with Crippen LogP contribution in [0.3, 0.4) is 0 Å². The van der Waals surface area contributed by atoms with Crippen molar-refractivity contribution in [2.24, 2.45) is 11.7 Å². The molecule has 4 heteroatoms. The van der Waals surface area contributed by atoms with Gasteiger partial charge in [-0.15, -0.1) is 0 Å². The van der Waals surface area contributed by atoms with Gasteiger partial charge in [0.05, 0.1) is 0 Å². The molecule has 1 aliphatic carbocycles. The van der Waals surface area contributed by atoms with Gasteiger partial charge in [0.25, 0.3) is 0 Å². The summed E-state index contributed by atoms with van der Waals surface area (Å²) < 4.78 is 0. The number of urea groups is 1. The smallest absolute Gasteiger partial charge is 0.315 e. The summed E-state index contributed by atoms with van der Waals surface area (Å²) in [6.07, 6.45) is 6.33. The van der Waals surface area contributed by atoms with Crippen LogP contribution in [0.1, 0.15) is 52.9 Å². The predicted octanol–water partition coefficient (Wildman–Crippen LogP) is 1.99. The molecule has 0 aromatic carbocycles. The number of amides is 2. The van der Waals surface area contributed by atoms with Crippen LogP contribution >= 0.6 is 0 Å². The summed E-state index contributed by atoms with van der Waals surface area (Å²) in [5.41, 5.74) is 5.92. The van der Waals surface area contributed by atoms with Crippen molar-refractivity contribution in [2.45, 2.75) is 64.5 Å². The van der Waals surface area contributed by atoms with E-state index in [1.54, 1.807) is 0 Å². The van der Waals surface area contributed by atoms with Crippen molar-refractivity contribution >= 4 is 6.03 Å². The highest BCUT2D eigenvalue weighted by Gasteiger charge is 2.21. The Labute approximate surface area is 105 Å². The van der Waals surface area contributed by atoms with Crippen LogP contribution in [-0.2, 0) is 0 Å². The molecule has 4 N–H and O–H groups in total. The molecule has 1 saturated carbocycles. The normalized spacial score (nSPS) is 19.8. The van der Waals surface area contributed by atoms with Gasteiger partial charge < -0.3 is 16.4 Å². The first-order valence-electron chi connectivity index (χ1n) is 6.70. The maximum atomic E-state index is 11.6. The Kier molecular flexibility index (Phi) is 5.25. The van der Waals surface area contributed by atoms with E-state index in [-0.39, 0.29) is 17.6 Å². The zero-order valence-electron chi connectivity index (χ0n) is 11.4. The zero-order chi connectivity index (χ0) is 12.9. The fourth-order valence-corrected chi connectivity index (χ4v) is 2.32. The van der Waals surface area contributed by atoms with Gasteiger partial charge in [-0.3, -0.25) is 0 Å². The van der Waals surface area contributed by atoms with Crippen LogP contribution in [0, 0.1) is 5.92 Å². The van der Waals surface area contributed by atoms with Crippen LogP contribution < -0.4 is 16.4 Å². The molecule has 1 fully saturated rings. The molecule has 1 atom stereocenters. The number of carbonyl (C=O) groups excluding carboxylic acids is 1. The quantitative estimate of drug-likeness (QED) is 0.707. The van der Waals surface area contributed by atoms with E-state index < -0.39 is 0 Å². The molecule has 0 heterocycles. The summed E-state index contributed by atoms with van der Waals surface area (Å²) in [5, 5.41) is 5.73. The first-order valence-corrected chi connectivity index (χ1v) is 6.70. The SMILES string of the molecule is CC(C)(C)NC(=O)NCC(N)C1CCCCC1. The summed E-state index contributed by atoms with van der Waals surface area (Å²) in [5.74, 6) is 0.582. The zero-order valence-corrected chi connectivity index (χ0v) is 11.4. The van der Waals surface area contributed by atoms with Gasteiger partial charge in [0.15, 0.2) is 0 Å². The first-order chi connectivity index (χ1) is 7.88. The lowest BCUT2D eigenvalue weighted by molar-refractivity contribution is 0.227. The van der Waals surface area contributed by atoms with Gasteiger partial charge in [0, 0.05) is 18.1 Å². The maximum Gasteiger partial charge on any atom is 0.315 e. The monoisotopic (exact) mass is 241 g/mol. The van der Waals surface area contributed by atoms with Gasteiger partial charge in [-0.25, -0.2) is 4.79 Å². The molecular weight excluding hydrogens is 214 g/mol. The summed E-state index contributed by atoms with van der Waals surface area (Å²) in [6, 6.07) is -0.0234. The Morgan fingerprint density at radius 3 is 2.41 bits per heavy atom. The average Bonchev–Trinajstić information content (AvgIpc) is 2.25. The van der Waals surface area contributed by atoms with E-state index in [9.17, 15) is 4.79 Å². The van der Waals surface area contributed by atoms with Gasteiger partial charge in [-0.05, 0) is 39.5 Å². The third kappa shape index (κ3) is 5.91. The van der Waals surface area contributed by atoms with Crippen LogP contribution in [0.25, 0.3) is 0 Å². The van der Waals surface area contributed by atoms with Gasteiger partial charge in [0.1, 0.15) is 0 Å². The minimum absolute atomic E-state index is 0.0982. The summed E-state index contributed by atoms with van der Waals surface area (Å²) in [4.78, 5) is 11.6. The number of nitrogens with one attached hydrogen (secondary N) is 2. The number of hydrogen-bond acceptors (Lipinski definition) is 2. The lowest BCUT2D eigenvalue weighted by Crippen LogP contribution is -2.50. The van der Waals surface area contributed by atoms with Crippen molar-refractivity contribution in [1.82, 2.24) is 10.6 Å². The van der Waals surface area contributed by atoms with Crippen LogP contribution in [0.4, 0.5) is 4.79 Å². The fraction of sp³-hybridized carbons (Fsp3) is 0.923. The standard InChI is InChI=1S/C13H27N3O/c1-13(2,3)16-12(17)15-9-11(14)10-7-5-4-6-8-10/h10-11H,4-9,14H2,1-3H3,(H2,15,16,17). The van der Waals surface area contributed by atoms with Crippen LogP contribution in [0.5, 0.6) is 0 Å². The molecule has 1 aliphatic rings. The lowest BCUT2D eigenvalue weighted by Gasteiger charge is -2.28. The van der Waals surface area contributed by atoms with Gasteiger partial charge in [0.2, 0.25) is 0 Å². The molecule has 0 aromatic rings. The molecule has 4 nitrogen and oxygen atoms in total. The van der Waals surface area contributed by atoms with Crippen LogP contribution in [0.2, 0.25) is 0 Å². The van der Waals surface area contributed by atoms with Crippen molar-refractivity contribution in [3.63, 3.8) is 0 Å². The molecule has 2 amide bonds. The van der Waals surface area contributed by atoms with E-state index >= 15 is 0 Å². The van der Waals surface area contributed by atoms with E-state index in [0.717, 1.165) is 0 Å². The molecule has 0 radical (unpaired) electrons. The lowest BCUT2D eigenvalue weighted by atomic mass is 9.84. The highest BCUT2D eigenvalue weighted by Crippen LogP contribution is 2.25. The number of nitrogens with two attached hydrogens (primary N) is 1. The van der Waals surface area contributed by atoms with E-state index in [1.807, 2.05) is 20.8 Å². The van der Waals surface area contributed by atoms with Crippen molar-refractivity contribution in [2.75, 3.05) is 6.54 Å². The maximum absolute atomic E-state index is 11.6. The van der Waals surface area contributed by atoms with Gasteiger partial charge in [-0.2, -0.15) is 0 Å². The minimum Gasteiger partial charge on any atom is -0.337 e. The number of rotatable bonds is 3. The highest BCUT2D eigenvalue weighted by molar-refractivity contribution is 5.74. The van der Waals surface area contributed by atoms with Crippen LogP contribution in [0.15, 0.2) is 0 Å². The third-order valence-corrected chi connectivity index (χ3v) is 3.24. The topological polar surface area (TPSA) is 67.2 Å². The van der Waals surface area contributed by atoms with E-state index in [1.165, 1.54) is 32.1 Å². The van der Waals surface area contributed by atoms with E-state index in [4.69, 9.17) is 5.73 Å². The average molecular weight is 241 g/mol. The van der Waals surface area contributed by atoms with Gasteiger partial charge in [-0.1, -0.05) is 19.3 Å². The molecule has 100 valence electrons. The largest absolute Gasteiger partial charge is 0.337 e. The molecular formula is C13H27N3O. The minimum atomic E-state index is -0.195. The summed E-state index contributed by atoms with van der Waals surface area (Å²) in [6.45, 7) is 6.47. The first kappa shape index (κ1) is 14.3. The molecule has 0 saturated heterocycles. The Morgan fingerprint density at radius 1 is 1.29 bits per heavy atom. The Balaban J connectivity index is 2.22. The van der Waals surface area contributed by atoms with Crippen molar-refractivity contribution in [1.29, 1.82) is 0 Å². The molecule has 0 spiro atoms. The Morgan fingerprint density at radius 2 is 1.88 bits per heavy atom. The van der Waals surface area contributed by atoms with Gasteiger partial charge >= 0.3 is 6.03 Å². The third-order valence-electron chi connectivity index (χ3n) is 3.24. The molecule has 1 unspecified atom stereocenters. The van der Waals surface area contributed by atoms with Crippen molar-refractivity contribution in [3.8, 4) is 0 Å². The Hall–Kier alpha value is -0.770. The number of carbonyl (C=O) groups is 1. The second kappa shape index (κ2) is 6.24.